The quantitative estimate of drug-likeness (QED) is 0.128. The fourth-order valence-electron chi connectivity index (χ4n) is 3.86. The number of amides is 1. The van der Waals surface area contributed by atoms with Crippen molar-refractivity contribution in [3.05, 3.63) is 121 Å². The van der Waals surface area contributed by atoms with Crippen LogP contribution in [0.3, 0.4) is 0 Å². The van der Waals surface area contributed by atoms with E-state index in [1.807, 2.05) is 44.2 Å². The van der Waals surface area contributed by atoms with Gasteiger partial charge in [0.15, 0.2) is 11.5 Å². The molecule has 4 rings (SSSR count). The molecule has 214 valence electrons. The van der Waals surface area contributed by atoms with E-state index in [0.29, 0.717) is 56.2 Å². The van der Waals surface area contributed by atoms with Gasteiger partial charge in [0.2, 0.25) is 0 Å². The maximum absolute atomic E-state index is 12.9. The highest BCUT2D eigenvalue weighted by atomic mass is 79.9. The Morgan fingerprint density at radius 2 is 1.69 bits per heavy atom. The molecule has 0 unspecified atom stereocenters. The van der Waals surface area contributed by atoms with Gasteiger partial charge in [-0.15, -0.1) is 0 Å². The molecule has 6 nitrogen and oxygen atoms in total. The summed E-state index contributed by atoms with van der Waals surface area (Å²) in [5, 5.41) is 13.6. The number of carbonyl (C=O) groups is 1. The predicted molar refractivity (Wildman–Crippen MR) is 170 cm³/mol. The van der Waals surface area contributed by atoms with E-state index in [2.05, 4.69) is 21.2 Å². The van der Waals surface area contributed by atoms with Crippen LogP contribution < -0.4 is 19.5 Å². The molecule has 0 heterocycles. The number of carbonyl (C=O) groups excluding carboxylic acids is 1. The van der Waals surface area contributed by atoms with Crippen LogP contribution in [0.2, 0.25) is 10.0 Å². The summed E-state index contributed by atoms with van der Waals surface area (Å²) in [5.74, 6) is 1.08. The highest BCUT2D eigenvalue weighted by Gasteiger charge is 2.15. The van der Waals surface area contributed by atoms with Crippen LogP contribution in [0, 0.1) is 18.3 Å². The molecule has 0 aliphatic carbocycles. The van der Waals surface area contributed by atoms with Crippen LogP contribution in [0.25, 0.3) is 6.08 Å². The lowest BCUT2D eigenvalue weighted by Crippen LogP contribution is -2.13. The Morgan fingerprint density at radius 3 is 2.36 bits per heavy atom. The van der Waals surface area contributed by atoms with E-state index in [1.54, 1.807) is 54.6 Å². The van der Waals surface area contributed by atoms with Gasteiger partial charge in [-0.2, -0.15) is 5.26 Å². The number of nitrogens with one attached hydrogen (secondary N) is 1. The number of rotatable bonds is 11. The summed E-state index contributed by atoms with van der Waals surface area (Å²) in [6, 6.07) is 25.6. The maximum Gasteiger partial charge on any atom is 0.266 e. The molecule has 42 heavy (non-hydrogen) atoms. The fourth-order valence-corrected chi connectivity index (χ4v) is 4.90. The smallest absolute Gasteiger partial charge is 0.266 e. The molecule has 0 aliphatic heterocycles. The van der Waals surface area contributed by atoms with E-state index in [1.165, 1.54) is 11.6 Å². The van der Waals surface area contributed by atoms with E-state index in [0.717, 1.165) is 11.1 Å². The molecule has 0 fully saturated rings. The second kappa shape index (κ2) is 14.8. The predicted octanol–water partition coefficient (Wildman–Crippen LogP) is 9.17. The van der Waals surface area contributed by atoms with Gasteiger partial charge < -0.3 is 19.5 Å². The van der Waals surface area contributed by atoms with Crippen molar-refractivity contribution < 1.29 is 19.0 Å². The number of halogens is 3. The summed E-state index contributed by atoms with van der Waals surface area (Å²) in [6.07, 6.45) is 1.50. The molecule has 0 saturated heterocycles. The van der Waals surface area contributed by atoms with Crippen LogP contribution in [-0.2, 0) is 18.0 Å². The van der Waals surface area contributed by atoms with Crippen molar-refractivity contribution in [1.82, 2.24) is 0 Å². The monoisotopic (exact) mass is 664 g/mol. The van der Waals surface area contributed by atoms with Crippen molar-refractivity contribution in [2.24, 2.45) is 0 Å². The minimum atomic E-state index is -0.548. The van der Waals surface area contributed by atoms with Gasteiger partial charge in [-0.1, -0.05) is 59.1 Å². The first-order valence-electron chi connectivity index (χ1n) is 13.0. The Bertz CT molecular complexity index is 1630. The first-order valence-corrected chi connectivity index (χ1v) is 14.5. The number of ether oxygens (including phenoxy) is 3. The molecule has 0 aromatic heterocycles. The van der Waals surface area contributed by atoms with Gasteiger partial charge in [0.1, 0.15) is 30.6 Å². The van der Waals surface area contributed by atoms with Crippen LogP contribution in [0.5, 0.6) is 17.2 Å². The lowest BCUT2D eigenvalue weighted by atomic mass is 10.1. The van der Waals surface area contributed by atoms with Crippen LogP contribution in [0.4, 0.5) is 5.69 Å². The van der Waals surface area contributed by atoms with Gasteiger partial charge in [0.25, 0.3) is 5.91 Å². The fraction of sp³-hybridized carbons (Fsp3) is 0.152. The summed E-state index contributed by atoms with van der Waals surface area (Å²) < 4.78 is 18.3. The molecule has 0 spiro atoms. The molecular weight excluding hydrogens is 639 g/mol. The lowest BCUT2D eigenvalue weighted by Gasteiger charge is -2.15. The Hall–Kier alpha value is -3.96. The largest absolute Gasteiger partial charge is 0.490 e. The topological polar surface area (TPSA) is 80.6 Å². The van der Waals surface area contributed by atoms with E-state index >= 15 is 0 Å². The zero-order chi connectivity index (χ0) is 30.1. The van der Waals surface area contributed by atoms with Crippen molar-refractivity contribution >= 4 is 56.8 Å². The minimum Gasteiger partial charge on any atom is -0.490 e. The van der Waals surface area contributed by atoms with Crippen molar-refractivity contribution in [3.63, 3.8) is 0 Å². The standard InChI is InChI=1S/C33H27BrCl2N2O4/c1-3-40-31-16-23(15-29(34)32(31)42-19-22-6-4-21(2)5-7-22)14-25(18-37)33(39)38-27-10-12-28(13-11-27)41-20-24-8-9-26(35)17-30(24)36/h4-17H,3,19-20H2,1-2H3,(H,38,39)/b25-14+. The average Bonchev–Trinajstić information content (AvgIpc) is 2.97. The molecule has 9 heteroatoms. The van der Waals surface area contributed by atoms with E-state index in [-0.39, 0.29) is 12.2 Å². The molecule has 0 radical (unpaired) electrons. The summed E-state index contributed by atoms with van der Waals surface area (Å²) in [7, 11) is 0. The average molecular weight is 666 g/mol. The summed E-state index contributed by atoms with van der Waals surface area (Å²) in [6.45, 7) is 4.94. The van der Waals surface area contributed by atoms with Crippen molar-refractivity contribution in [3.8, 4) is 23.3 Å². The van der Waals surface area contributed by atoms with Crippen molar-refractivity contribution in [2.75, 3.05) is 11.9 Å². The third-order valence-electron chi connectivity index (χ3n) is 6.03. The minimum absolute atomic E-state index is 0.0737. The highest BCUT2D eigenvalue weighted by Crippen LogP contribution is 2.38. The summed E-state index contributed by atoms with van der Waals surface area (Å²) in [5.41, 5.74) is 4.03. The summed E-state index contributed by atoms with van der Waals surface area (Å²) in [4.78, 5) is 12.9. The first-order chi connectivity index (χ1) is 20.2. The Kier molecular flexibility index (Phi) is 10.9. The normalized spacial score (nSPS) is 11.0. The number of nitriles is 1. The van der Waals surface area contributed by atoms with Gasteiger partial charge in [0, 0.05) is 21.3 Å². The zero-order valence-electron chi connectivity index (χ0n) is 22.9. The first kappa shape index (κ1) is 31.0. The van der Waals surface area contributed by atoms with Crippen LogP contribution in [0.1, 0.15) is 29.2 Å². The van der Waals surface area contributed by atoms with Crippen LogP contribution >= 0.6 is 39.1 Å². The number of hydrogen-bond donors (Lipinski definition) is 1. The molecule has 0 aliphatic rings. The number of anilines is 1. The Labute approximate surface area is 263 Å². The van der Waals surface area contributed by atoms with Crippen LogP contribution in [-0.4, -0.2) is 12.5 Å². The third-order valence-corrected chi connectivity index (χ3v) is 7.21. The van der Waals surface area contributed by atoms with Gasteiger partial charge in [-0.25, -0.2) is 0 Å². The molecule has 0 bridgehead atoms. The SMILES string of the molecule is CCOc1cc(/C=C(\C#N)C(=O)Nc2ccc(OCc3ccc(Cl)cc3Cl)cc2)cc(Br)c1OCc1ccc(C)cc1. The Morgan fingerprint density at radius 1 is 0.952 bits per heavy atom. The van der Waals surface area contributed by atoms with E-state index in [4.69, 9.17) is 37.4 Å². The van der Waals surface area contributed by atoms with Gasteiger partial charge in [0.05, 0.1) is 11.1 Å². The van der Waals surface area contributed by atoms with Crippen molar-refractivity contribution in [2.45, 2.75) is 27.1 Å². The lowest BCUT2D eigenvalue weighted by molar-refractivity contribution is -0.112. The highest BCUT2D eigenvalue weighted by molar-refractivity contribution is 9.10. The molecule has 0 atom stereocenters. The van der Waals surface area contributed by atoms with Crippen molar-refractivity contribution in [1.29, 1.82) is 5.26 Å². The van der Waals surface area contributed by atoms with E-state index < -0.39 is 5.91 Å². The molecule has 1 amide bonds. The second-order valence-electron chi connectivity index (χ2n) is 9.21. The van der Waals surface area contributed by atoms with Gasteiger partial charge in [-0.05, 0) is 95.5 Å². The zero-order valence-corrected chi connectivity index (χ0v) is 26.0. The third kappa shape index (κ3) is 8.53. The molecular formula is C33H27BrCl2N2O4. The maximum atomic E-state index is 12.9. The number of nitrogens with zero attached hydrogens (tertiary/aromatic N) is 1. The number of benzene rings is 4. The number of hydrogen-bond acceptors (Lipinski definition) is 5. The molecule has 0 saturated carbocycles. The Balaban J connectivity index is 1.43. The molecule has 4 aromatic carbocycles. The molecule has 4 aromatic rings. The second-order valence-corrected chi connectivity index (χ2v) is 10.9. The van der Waals surface area contributed by atoms with Gasteiger partial charge >= 0.3 is 0 Å². The number of aryl methyl sites for hydroxylation is 1. The van der Waals surface area contributed by atoms with Crippen LogP contribution in [0.15, 0.2) is 88.9 Å². The van der Waals surface area contributed by atoms with E-state index in [9.17, 15) is 10.1 Å². The van der Waals surface area contributed by atoms with Gasteiger partial charge in [-0.3, -0.25) is 4.79 Å². The summed E-state index contributed by atoms with van der Waals surface area (Å²) >= 11 is 15.7. The molecule has 1 N–H and O–H groups in total.